The number of aromatic nitrogens is 1. The summed E-state index contributed by atoms with van der Waals surface area (Å²) in [7, 11) is 1.57. The van der Waals surface area contributed by atoms with Crippen LogP contribution in [0.1, 0.15) is 23.0 Å². The molecule has 1 aromatic rings. The van der Waals surface area contributed by atoms with Crippen molar-refractivity contribution in [3.63, 3.8) is 0 Å². The minimum absolute atomic E-state index is 0.0533. The van der Waals surface area contributed by atoms with E-state index >= 15 is 0 Å². The Labute approximate surface area is 105 Å². The molecule has 0 aliphatic heterocycles. The first-order chi connectivity index (χ1) is 8.58. The number of nitrogens with zero attached hydrogens (tertiary/aromatic N) is 2. The summed E-state index contributed by atoms with van der Waals surface area (Å²) in [6, 6.07) is 3.05. The van der Waals surface area contributed by atoms with E-state index in [0.29, 0.717) is 12.1 Å². The standard InChI is InChI=1S/C11H16N4O3/c1-7(18-2)5-14-11(16)9-4-3-8(6-13-9)10(12)15-17/h3-4,6-7,17H,5H2,1-2H3,(H2,12,15)(H,14,16). The van der Waals surface area contributed by atoms with Crippen molar-refractivity contribution in [3.8, 4) is 0 Å². The number of nitrogens with two attached hydrogens (primary N) is 1. The lowest BCUT2D eigenvalue weighted by molar-refractivity contribution is 0.0866. The van der Waals surface area contributed by atoms with Gasteiger partial charge >= 0.3 is 0 Å². The van der Waals surface area contributed by atoms with Crippen LogP contribution < -0.4 is 11.1 Å². The molecule has 0 bridgehead atoms. The van der Waals surface area contributed by atoms with Crippen molar-refractivity contribution in [1.82, 2.24) is 10.3 Å². The number of amidine groups is 1. The van der Waals surface area contributed by atoms with E-state index in [4.69, 9.17) is 15.7 Å². The highest BCUT2D eigenvalue weighted by Gasteiger charge is 2.09. The predicted molar refractivity (Wildman–Crippen MR) is 65.6 cm³/mol. The van der Waals surface area contributed by atoms with E-state index in [1.54, 1.807) is 13.2 Å². The summed E-state index contributed by atoms with van der Waals surface area (Å²) in [5.41, 5.74) is 6.08. The molecule has 0 aliphatic carbocycles. The molecule has 7 heteroatoms. The van der Waals surface area contributed by atoms with Crippen LogP contribution in [0.2, 0.25) is 0 Å². The molecule has 1 unspecified atom stereocenters. The highest BCUT2D eigenvalue weighted by atomic mass is 16.5. The van der Waals surface area contributed by atoms with Gasteiger partial charge in [-0.3, -0.25) is 9.78 Å². The first-order valence-corrected chi connectivity index (χ1v) is 5.33. The normalized spacial score (nSPS) is 13.1. The molecule has 4 N–H and O–H groups in total. The largest absolute Gasteiger partial charge is 0.409 e. The molecule has 0 aliphatic rings. The molecule has 1 rings (SSSR count). The van der Waals surface area contributed by atoms with E-state index in [9.17, 15) is 4.79 Å². The topological polar surface area (TPSA) is 110 Å². The molecule has 18 heavy (non-hydrogen) atoms. The van der Waals surface area contributed by atoms with Gasteiger partial charge in [0.1, 0.15) is 5.69 Å². The quantitative estimate of drug-likeness (QED) is 0.294. The second-order valence-electron chi connectivity index (χ2n) is 3.67. The van der Waals surface area contributed by atoms with Gasteiger partial charge < -0.3 is 21.0 Å². The Morgan fingerprint density at radius 1 is 1.67 bits per heavy atom. The van der Waals surface area contributed by atoms with Crippen LogP contribution in [0.4, 0.5) is 0 Å². The van der Waals surface area contributed by atoms with E-state index in [-0.39, 0.29) is 23.5 Å². The zero-order chi connectivity index (χ0) is 13.5. The number of amides is 1. The molecule has 0 radical (unpaired) electrons. The molecule has 0 saturated heterocycles. The summed E-state index contributed by atoms with van der Waals surface area (Å²) >= 11 is 0. The Bertz CT molecular complexity index is 430. The molecular formula is C11H16N4O3. The molecule has 0 spiro atoms. The second kappa shape index (κ2) is 6.55. The highest BCUT2D eigenvalue weighted by Crippen LogP contribution is 2.00. The maximum Gasteiger partial charge on any atom is 0.269 e. The van der Waals surface area contributed by atoms with Crippen molar-refractivity contribution < 1.29 is 14.7 Å². The van der Waals surface area contributed by atoms with Crippen LogP contribution in [0.5, 0.6) is 0 Å². The third-order valence-corrected chi connectivity index (χ3v) is 2.35. The highest BCUT2D eigenvalue weighted by molar-refractivity contribution is 5.98. The maximum absolute atomic E-state index is 11.7. The third kappa shape index (κ3) is 3.70. The fourth-order valence-corrected chi connectivity index (χ4v) is 1.15. The number of methoxy groups -OCH3 is 1. The first-order valence-electron chi connectivity index (χ1n) is 5.33. The molecule has 0 aromatic carbocycles. The van der Waals surface area contributed by atoms with Gasteiger partial charge in [-0.25, -0.2) is 0 Å². The molecule has 98 valence electrons. The lowest BCUT2D eigenvalue weighted by Crippen LogP contribution is -2.32. The zero-order valence-electron chi connectivity index (χ0n) is 10.3. The van der Waals surface area contributed by atoms with Gasteiger partial charge in [0.2, 0.25) is 0 Å². The summed E-state index contributed by atoms with van der Waals surface area (Å²) in [6.45, 7) is 2.24. The second-order valence-corrected chi connectivity index (χ2v) is 3.67. The SMILES string of the molecule is COC(C)CNC(=O)c1ccc(/C(N)=N/O)cn1. The van der Waals surface area contributed by atoms with Crippen LogP contribution >= 0.6 is 0 Å². The van der Waals surface area contributed by atoms with Crippen LogP contribution in [0.25, 0.3) is 0 Å². The molecule has 0 saturated carbocycles. The molecule has 7 nitrogen and oxygen atoms in total. The summed E-state index contributed by atoms with van der Waals surface area (Å²) in [6.07, 6.45) is 1.30. The minimum atomic E-state index is -0.301. The van der Waals surface area contributed by atoms with Gasteiger partial charge in [0, 0.05) is 25.4 Å². The fourth-order valence-electron chi connectivity index (χ4n) is 1.15. The van der Waals surface area contributed by atoms with E-state index < -0.39 is 0 Å². The van der Waals surface area contributed by atoms with Gasteiger partial charge in [-0.15, -0.1) is 0 Å². The lowest BCUT2D eigenvalue weighted by atomic mass is 10.2. The van der Waals surface area contributed by atoms with Gasteiger partial charge in [-0.05, 0) is 19.1 Å². The lowest BCUT2D eigenvalue weighted by Gasteiger charge is -2.10. The number of carbonyl (C=O) groups excluding carboxylic acids is 1. The van der Waals surface area contributed by atoms with Crippen molar-refractivity contribution in [1.29, 1.82) is 0 Å². The molecule has 1 amide bonds. The van der Waals surface area contributed by atoms with E-state index in [2.05, 4.69) is 15.5 Å². The predicted octanol–water partition coefficient (Wildman–Crippen LogP) is -0.0592. The van der Waals surface area contributed by atoms with Gasteiger partial charge in [0.15, 0.2) is 5.84 Å². The fraction of sp³-hybridized carbons (Fsp3) is 0.364. The Balaban J connectivity index is 2.65. The number of carbonyl (C=O) groups is 1. The zero-order valence-corrected chi connectivity index (χ0v) is 10.3. The molecular weight excluding hydrogens is 236 g/mol. The number of hydrogen-bond donors (Lipinski definition) is 3. The summed E-state index contributed by atoms with van der Waals surface area (Å²) in [4.78, 5) is 15.6. The van der Waals surface area contributed by atoms with Crippen molar-refractivity contribution >= 4 is 11.7 Å². The van der Waals surface area contributed by atoms with Gasteiger partial charge in [0.05, 0.1) is 6.10 Å². The minimum Gasteiger partial charge on any atom is -0.409 e. The van der Waals surface area contributed by atoms with Crippen molar-refractivity contribution in [2.45, 2.75) is 13.0 Å². The molecule has 1 heterocycles. The van der Waals surface area contributed by atoms with Crippen LogP contribution in [0.3, 0.4) is 0 Å². The molecule has 0 fully saturated rings. The van der Waals surface area contributed by atoms with Crippen LogP contribution in [-0.4, -0.2) is 41.7 Å². The van der Waals surface area contributed by atoms with Crippen molar-refractivity contribution in [3.05, 3.63) is 29.6 Å². The number of ether oxygens (including phenoxy) is 1. The Morgan fingerprint density at radius 2 is 2.39 bits per heavy atom. The third-order valence-electron chi connectivity index (χ3n) is 2.35. The van der Waals surface area contributed by atoms with E-state index in [0.717, 1.165) is 0 Å². The molecule has 1 aromatic heterocycles. The Kier molecular flexibility index (Phi) is 5.06. The monoisotopic (exact) mass is 252 g/mol. The van der Waals surface area contributed by atoms with Crippen molar-refractivity contribution in [2.75, 3.05) is 13.7 Å². The number of rotatable bonds is 5. The van der Waals surface area contributed by atoms with E-state index in [1.165, 1.54) is 12.3 Å². The maximum atomic E-state index is 11.7. The number of nitrogens with one attached hydrogen (secondary N) is 1. The number of hydrogen-bond acceptors (Lipinski definition) is 5. The number of oxime groups is 1. The smallest absolute Gasteiger partial charge is 0.269 e. The van der Waals surface area contributed by atoms with Crippen LogP contribution in [0, 0.1) is 0 Å². The van der Waals surface area contributed by atoms with E-state index in [1.807, 2.05) is 6.92 Å². The van der Waals surface area contributed by atoms with Gasteiger partial charge in [-0.2, -0.15) is 0 Å². The van der Waals surface area contributed by atoms with Crippen LogP contribution in [0.15, 0.2) is 23.5 Å². The van der Waals surface area contributed by atoms with Crippen molar-refractivity contribution in [2.24, 2.45) is 10.9 Å². The Morgan fingerprint density at radius 3 is 2.89 bits per heavy atom. The summed E-state index contributed by atoms with van der Waals surface area (Å²) in [5, 5.41) is 14.0. The number of pyridine rings is 1. The summed E-state index contributed by atoms with van der Waals surface area (Å²) in [5.74, 6) is -0.354. The summed E-state index contributed by atoms with van der Waals surface area (Å²) < 4.78 is 5.01. The average molecular weight is 252 g/mol. The van der Waals surface area contributed by atoms with Gasteiger partial charge in [-0.1, -0.05) is 5.16 Å². The first kappa shape index (κ1) is 13.9. The van der Waals surface area contributed by atoms with Crippen LogP contribution in [-0.2, 0) is 4.74 Å². The molecule has 1 atom stereocenters. The van der Waals surface area contributed by atoms with Gasteiger partial charge in [0.25, 0.3) is 5.91 Å². The average Bonchev–Trinajstić information content (AvgIpc) is 2.43. The Hall–Kier alpha value is -2.15.